The third-order valence-corrected chi connectivity index (χ3v) is 2.34. The van der Waals surface area contributed by atoms with E-state index in [-0.39, 0.29) is 17.7 Å². The summed E-state index contributed by atoms with van der Waals surface area (Å²) in [6, 6.07) is 7.30. The molecule has 1 aromatic rings. The molecule has 1 unspecified atom stereocenters. The maximum atomic E-state index is 10.6. The number of hydrogen-bond donors (Lipinski definition) is 3. The lowest BCUT2D eigenvalue weighted by Gasteiger charge is -2.14. The summed E-state index contributed by atoms with van der Waals surface area (Å²) in [6.45, 7) is 4.89. The summed E-state index contributed by atoms with van der Waals surface area (Å²) in [6.07, 6.45) is 0. The van der Waals surface area contributed by atoms with Crippen molar-refractivity contribution < 1.29 is 9.90 Å². The normalized spacial score (nSPS) is 12.1. The molecule has 1 amide bonds. The molecule has 0 aromatic heterocycles. The number of nitrogens with one attached hydrogen (secondary N) is 2. The van der Waals surface area contributed by atoms with Crippen molar-refractivity contribution in [2.45, 2.75) is 19.9 Å². The standard InChI is InChI=1S/C12H18N2O2/c1-9(13-7-8-14-10(2)15)11-3-5-12(16)6-4-11/h3-6,9,13,16H,7-8H2,1-2H3,(H,14,15). The van der Waals surface area contributed by atoms with E-state index in [4.69, 9.17) is 5.11 Å². The van der Waals surface area contributed by atoms with E-state index < -0.39 is 0 Å². The van der Waals surface area contributed by atoms with Crippen LogP contribution >= 0.6 is 0 Å². The Morgan fingerprint density at radius 1 is 1.31 bits per heavy atom. The van der Waals surface area contributed by atoms with E-state index in [2.05, 4.69) is 10.6 Å². The van der Waals surface area contributed by atoms with Gasteiger partial charge in [0.15, 0.2) is 0 Å². The van der Waals surface area contributed by atoms with Gasteiger partial charge in [0, 0.05) is 26.1 Å². The van der Waals surface area contributed by atoms with Gasteiger partial charge < -0.3 is 15.7 Å². The van der Waals surface area contributed by atoms with Crippen LogP contribution in [0.25, 0.3) is 0 Å². The molecular weight excluding hydrogens is 204 g/mol. The molecule has 88 valence electrons. The van der Waals surface area contributed by atoms with Crippen LogP contribution < -0.4 is 10.6 Å². The van der Waals surface area contributed by atoms with Gasteiger partial charge in [-0.15, -0.1) is 0 Å². The summed E-state index contributed by atoms with van der Waals surface area (Å²) >= 11 is 0. The van der Waals surface area contributed by atoms with Gasteiger partial charge in [-0.25, -0.2) is 0 Å². The van der Waals surface area contributed by atoms with Crippen LogP contribution in [-0.2, 0) is 4.79 Å². The van der Waals surface area contributed by atoms with Gasteiger partial charge in [-0.1, -0.05) is 12.1 Å². The minimum absolute atomic E-state index is 0.0147. The molecule has 0 fully saturated rings. The summed E-state index contributed by atoms with van der Waals surface area (Å²) in [5.41, 5.74) is 1.11. The molecule has 0 bridgehead atoms. The fourth-order valence-corrected chi connectivity index (χ4v) is 1.41. The lowest BCUT2D eigenvalue weighted by molar-refractivity contribution is -0.118. The fourth-order valence-electron chi connectivity index (χ4n) is 1.41. The van der Waals surface area contributed by atoms with Gasteiger partial charge in [0.1, 0.15) is 5.75 Å². The summed E-state index contributed by atoms with van der Waals surface area (Å²) < 4.78 is 0. The third-order valence-electron chi connectivity index (χ3n) is 2.34. The van der Waals surface area contributed by atoms with Crippen LogP contribution in [0.5, 0.6) is 5.75 Å². The van der Waals surface area contributed by atoms with Crippen LogP contribution in [0.3, 0.4) is 0 Å². The SMILES string of the molecule is CC(=O)NCCNC(C)c1ccc(O)cc1. The van der Waals surface area contributed by atoms with E-state index in [0.29, 0.717) is 6.54 Å². The molecule has 0 saturated carbocycles. The highest BCUT2D eigenvalue weighted by Crippen LogP contribution is 2.15. The van der Waals surface area contributed by atoms with Crippen LogP contribution in [0, 0.1) is 0 Å². The molecule has 1 atom stereocenters. The van der Waals surface area contributed by atoms with Crippen molar-refractivity contribution >= 4 is 5.91 Å². The van der Waals surface area contributed by atoms with Gasteiger partial charge >= 0.3 is 0 Å². The minimum Gasteiger partial charge on any atom is -0.508 e. The quantitative estimate of drug-likeness (QED) is 0.656. The van der Waals surface area contributed by atoms with Gasteiger partial charge in [0.05, 0.1) is 0 Å². The second-order valence-corrected chi connectivity index (χ2v) is 3.75. The van der Waals surface area contributed by atoms with Crippen molar-refractivity contribution in [3.63, 3.8) is 0 Å². The number of amides is 1. The molecule has 0 aliphatic carbocycles. The first kappa shape index (κ1) is 12.5. The maximum Gasteiger partial charge on any atom is 0.216 e. The predicted octanol–water partition coefficient (Wildman–Crippen LogP) is 1.18. The summed E-state index contributed by atoms with van der Waals surface area (Å²) in [5.74, 6) is 0.258. The Kier molecular flexibility index (Phi) is 4.79. The van der Waals surface area contributed by atoms with E-state index in [0.717, 1.165) is 12.1 Å². The maximum absolute atomic E-state index is 10.6. The molecule has 4 nitrogen and oxygen atoms in total. The Hall–Kier alpha value is -1.55. The number of carbonyl (C=O) groups is 1. The molecule has 3 N–H and O–H groups in total. The van der Waals surface area contributed by atoms with E-state index in [1.165, 1.54) is 6.92 Å². The molecule has 0 heterocycles. The van der Waals surface area contributed by atoms with E-state index in [1.807, 2.05) is 19.1 Å². The van der Waals surface area contributed by atoms with Crippen molar-refractivity contribution in [2.24, 2.45) is 0 Å². The van der Waals surface area contributed by atoms with Gasteiger partial charge in [-0.3, -0.25) is 4.79 Å². The lowest BCUT2D eigenvalue weighted by atomic mass is 10.1. The van der Waals surface area contributed by atoms with Crippen LogP contribution in [0.15, 0.2) is 24.3 Å². The smallest absolute Gasteiger partial charge is 0.216 e. The summed E-state index contributed by atoms with van der Waals surface area (Å²) in [7, 11) is 0. The molecule has 1 aromatic carbocycles. The van der Waals surface area contributed by atoms with Crippen molar-refractivity contribution in [2.75, 3.05) is 13.1 Å². The van der Waals surface area contributed by atoms with Gasteiger partial charge in [0.25, 0.3) is 0 Å². The number of phenolic OH excluding ortho intramolecular Hbond substituents is 1. The monoisotopic (exact) mass is 222 g/mol. The second-order valence-electron chi connectivity index (χ2n) is 3.75. The first-order chi connectivity index (χ1) is 7.59. The molecule has 1 rings (SSSR count). The zero-order valence-electron chi connectivity index (χ0n) is 9.66. The Bertz CT molecular complexity index is 335. The number of rotatable bonds is 5. The summed E-state index contributed by atoms with van der Waals surface area (Å²) in [4.78, 5) is 10.6. The number of phenols is 1. The Morgan fingerprint density at radius 2 is 1.94 bits per heavy atom. The zero-order valence-corrected chi connectivity index (χ0v) is 9.66. The van der Waals surface area contributed by atoms with Gasteiger partial charge in [-0.2, -0.15) is 0 Å². The van der Waals surface area contributed by atoms with Crippen LogP contribution in [0.1, 0.15) is 25.5 Å². The third kappa shape index (κ3) is 4.31. The molecule has 0 spiro atoms. The molecule has 4 heteroatoms. The Labute approximate surface area is 95.7 Å². The van der Waals surface area contributed by atoms with Crippen molar-refractivity contribution in [3.8, 4) is 5.75 Å². The van der Waals surface area contributed by atoms with Gasteiger partial charge in [-0.05, 0) is 24.6 Å². The van der Waals surface area contributed by atoms with Crippen LogP contribution in [0.2, 0.25) is 0 Å². The average Bonchev–Trinajstić information content (AvgIpc) is 2.25. The number of hydrogen-bond acceptors (Lipinski definition) is 3. The van der Waals surface area contributed by atoms with Crippen LogP contribution in [-0.4, -0.2) is 24.1 Å². The molecule has 16 heavy (non-hydrogen) atoms. The topological polar surface area (TPSA) is 61.4 Å². The number of carbonyl (C=O) groups excluding carboxylic acids is 1. The first-order valence-electron chi connectivity index (χ1n) is 5.36. The largest absolute Gasteiger partial charge is 0.508 e. The molecular formula is C12H18N2O2. The number of aromatic hydroxyl groups is 1. The van der Waals surface area contributed by atoms with Gasteiger partial charge in [0.2, 0.25) is 5.91 Å². The van der Waals surface area contributed by atoms with Crippen molar-refractivity contribution in [1.29, 1.82) is 0 Å². The highest BCUT2D eigenvalue weighted by atomic mass is 16.3. The van der Waals surface area contributed by atoms with E-state index >= 15 is 0 Å². The van der Waals surface area contributed by atoms with Crippen molar-refractivity contribution in [3.05, 3.63) is 29.8 Å². The zero-order chi connectivity index (χ0) is 12.0. The van der Waals surface area contributed by atoms with Crippen LogP contribution in [0.4, 0.5) is 0 Å². The lowest BCUT2D eigenvalue weighted by Crippen LogP contribution is -2.31. The molecule has 0 aliphatic rings. The Balaban J connectivity index is 2.32. The fraction of sp³-hybridized carbons (Fsp3) is 0.417. The Morgan fingerprint density at radius 3 is 2.50 bits per heavy atom. The molecule has 0 aliphatic heterocycles. The molecule has 0 saturated heterocycles. The highest BCUT2D eigenvalue weighted by molar-refractivity contribution is 5.72. The number of benzene rings is 1. The minimum atomic E-state index is -0.0147. The highest BCUT2D eigenvalue weighted by Gasteiger charge is 2.03. The second kappa shape index (κ2) is 6.12. The summed E-state index contributed by atoms with van der Waals surface area (Å²) in [5, 5.41) is 15.1. The van der Waals surface area contributed by atoms with Crippen molar-refractivity contribution in [1.82, 2.24) is 10.6 Å². The first-order valence-corrected chi connectivity index (χ1v) is 5.36. The average molecular weight is 222 g/mol. The predicted molar refractivity (Wildman–Crippen MR) is 63.2 cm³/mol. The molecule has 0 radical (unpaired) electrons. The van der Waals surface area contributed by atoms with E-state index in [1.54, 1.807) is 12.1 Å². The van der Waals surface area contributed by atoms with E-state index in [9.17, 15) is 4.79 Å².